The number of aromatic hydroxyl groups is 1. The smallest absolute Gasteiger partial charge is 0.227 e. The van der Waals surface area contributed by atoms with E-state index in [4.69, 9.17) is 0 Å². The number of phenols is 1. The van der Waals surface area contributed by atoms with Crippen LogP contribution in [0.15, 0.2) is 40.2 Å². The van der Waals surface area contributed by atoms with Gasteiger partial charge in [0.15, 0.2) is 5.82 Å². The zero-order valence-electron chi connectivity index (χ0n) is 16.8. The number of anilines is 1. The zero-order valence-corrected chi connectivity index (χ0v) is 19.2. The average molecular weight is 490 g/mol. The highest BCUT2D eigenvalue weighted by Gasteiger charge is 2.24. The standard InChI is InChI=1S/C21H24BrN5O2S/c1-25(13-17-8-9-18(22)30-17)21-24-23-19(14-26-11-2-3-20(26)29)27(21)12-10-15-4-6-16(28)7-5-15/h4-9,28H,2-3,10-14H2,1H3. The van der Waals surface area contributed by atoms with Crippen molar-refractivity contribution in [3.8, 4) is 5.75 Å². The minimum absolute atomic E-state index is 0.182. The van der Waals surface area contributed by atoms with Crippen molar-refractivity contribution in [3.63, 3.8) is 0 Å². The molecule has 0 unspecified atom stereocenters. The van der Waals surface area contributed by atoms with Gasteiger partial charge in [0.25, 0.3) is 0 Å². The van der Waals surface area contributed by atoms with Crippen molar-refractivity contribution in [2.24, 2.45) is 0 Å². The first-order valence-corrected chi connectivity index (χ1v) is 11.5. The van der Waals surface area contributed by atoms with Crippen LogP contribution in [-0.2, 0) is 30.8 Å². The number of aryl methyl sites for hydroxylation is 1. The lowest BCUT2D eigenvalue weighted by molar-refractivity contribution is -0.128. The summed E-state index contributed by atoms with van der Waals surface area (Å²) in [6.07, 6.45) is 2.30. The fraction of sp³-hybridized carbons (Fsp3) is 0.381. The van der Waals surface area contributed by atoms with Crippen LogP contribution in [0.1, 0.15) is 29.1 Å². The predicted molar refractivity (Wildman–Crippen MR) is 121 cm³/mol. The maximum Gasteiger partial charge on any atom is 0.227 e. The number of benzene rings is 1. The lowest BCUT2D eigenvalue weighted by Gasteiger charge is -2.21. The molecule has 4 rings (SSSR count). The number of thiophene rings is 1. The van der Waals surface area contributed by atoms with Crippen LogP contribution in [0, 0.1) is 0 Å². The number of phenolic OH excluding ortho intramolecular Hbond substituents is 1. The lowest BCUT2D eigenvalue weighted by Crippen LogP contribution is -2.27. The van der Waals surface area contributed by atoms with E-state index < -0.39 is 0 Å². The average Bonchev–Trinajstić information content (AvgIpc) is 3.43. The van der Waals surface area contributed by atoms with E-state index in [1.807, 2.05) is 30.1 Å². The lowest BCUT2D eigenvalue weighted by atomic mass is 10.1. The number of amides is 1. The first-order valence-electron chi connectivity index (χ1n) is 9.92. The molecule has 1 amide bonds. The van der Waals surface area contributed by atoms with E-state index in [-0.39, 0.29) is 11.7 Å². The summed E-state index contributed by atoms with van der Waals surface area (Å²) in [5, 5.41) is 18.4. The molecule has 1 aliphatic rings. The highest BCUT2D eigenvalue weighted by molar-refractivity contribution is 9.11. The van der Waals surface area contributed by atoms with E-state index in [9.17, 15) is 9.90 Å². The molecule has 1 aliphatic heterocycles. The molecule has 1 N–H and O–H groups in total. The van der Waals surface area contributed by atoms with Crippen LogP contribution < -0.4 is 4.90 Å². The summed E-state index contributed by atoms with van der Waals surface area (Å²) in [5.41, 5.74) is 1.13. The summed E-state index contributed by atoms with van der Waals surface area (Å²) in [7, 11) is 2.01. The van der Waals surface area contributed by atoms with Gasteiger partial charge in [-0.3, -0.25) is 9.36 Å². The zero-order chi connectivity index (χ0) is 21.1. The highest BCUT2D eigenvalue weighted by atomic mass is 79.9. The monoisotopic (exact) mass is 489 g/mol. The number of likely N-dealkylation sites (tertiary alicyclic amines) is 1. The van der Waals surface area contributed by atoms with Crippen LogP contribution in [0.4, 0.5) is 5.95 Å². The van der Waals surface area contributed by atoms with Gasteiger partial charge in [0.1, 0.15) is 5.75 Å². The Bertz CT molecular complexity index is 1020. The van der Waals surface area contributed by atoms with E-state index in [1.54, 1.807) is 23.5 Å². The van der Waals surface area contributed by atoms with Crippen molar-refractivity contribution >= 4 is 39.1 Å². The van der Waals surface area contributed by atoms with Crippen molar-refractivity contribution in [3.05, 3.63) is 56.4 Å². The fourth-order valence-corrected chi connectivity index (χ4v) is 5.18. The van der Waals surface area contributed by atoms with Gasteiger partial charge in [0.05, 0.1) is 16.9 Å². The molecule has 1 saturated heterocycles. The van der Waals surface area contributed by atoms with Crippen LogP contribution in [0.25, 0.3) is 0 Å². The number of carbonyl (C=O) groups excluding carboxylic acids is 1. The van der Waals surface area contributed by atoms with E-state index in [2.05, 4.69) is 41.7 Å². The molecule has 0 atom stereocenters. The van der Waals surface area contributed by atoms with Gasteiger partial charge in [-0.15, -0.1) is 21.5 Å². The Labute approximate surface area is 188 Å². The van der Waals surface area contributed by atoms with Crippen LogP contribution in [0.3, 0.4) is 0 Å². The van der Waals surface area contributed by atoms with Crippen LogP contribution >= 0.6 is 27.3 Å². The molecular weight excluding hydrogens is 466 g/mol. The molecule has 0 bridgehead atoms. The molecule has 3 heterocycles. The molecule has 3 aromatic rings. The van der Waals surface area contributed by atoms with Crippen LogP contribution in [0.2, 0.25) is 0 Å². The van der Waals surface area contributed by atoms with Gasteiger partial charge in [0, 0.05) is 31.4 Å². The molecule has 0 aliphatic carbocycles. The Hall–Kier alpha value is -2.39. The number of halogens is 1. The second-order valence-corrected chi connectivity index (χ2v) is 10.0. The van der Waals surface area contributed by atoms with Crippen molar-refractivity contribution in [1.29, 1.82) is 0 Å². The molecule has 0 radical (unpaired) electrons. The second kappa shape index (κ2) is 9.18. The molecule has 0 saturated carbocycles. The molecule has 158 valence electrons. The van der Waals surface area contributed by atoms with Crippen LogP contribution in [0.5, 0.6) is 5.75 Å². The molecule has 1 fully saturated rings. The van der Waals surface area contributed by atoms with Crippen LogP contribution in [-0.4, -0.2) is 44.3 Å². The van der Waals surface area contributed by atoms with Gasteiger partial charge in [-0.1, -0.05) is 12.1 Å². The summed E-state index contributed by atoms with van der Waals surface area (Å²) in [6, 6.07) is 11.4. The topological polar surface area (TPSA) is 74.5 Å². The van der Waals surface area contributed by atoms with E-state index >= 15 is 0 Å². The first kappa shape index (κ1) is 20.9. The summed E-state index contributed by atoms with van der Waals surface area (Å²) in [5.74, 6) is 2.04. The molecule has 30 heavy (non-hydrogen) atoms. The Morgan fingerprint density at radius 3 is 2.67 bits per heavy atom. The molecule has 2 aromatic heterocycles. The summed E-state index contributed by atoms with van der Waals surface area (Å²) in [4.78, 5) is 17.3. The molecule has 7 nitrogen and oxygen atoms in total. The Morgan fingerprint density at radius 2 is 2.00 bits per heavy atom. The number of hydrogen-bond acceptors (Lipinski definition) is 6. The fourth-order valence-electron chi connectivity index (χ4n) is 3.64. The van der Waals surface area contributed by atoms with Crippen molar-refractivity contribution in [2.45, 2.75) is 38.9 Å². The van der Waals surface area contributed by atoms with E-state index in [0.717, 1.165) is 47.1 Å². The van der Waals surface area contributed by atoms with Crippen molar-refractivity contribution in [2.75, 3.05) is 18.5 Å². The minimum Gasteiger partial charge on any atom is -0.508 e. The quantitative estimate of drug-likeness (QED) is 0.520. The van der Waals surface area contributed by atoms with Gasteiger partial charge in [-0.05, 0) is 58.6 Å². The minimum atomic E-state index is 0.182. The van der Waals surface area contributed by atoms with Gasteiger partial charge in [0.2, 0.25) is 11.9 Å². The first-order chi connectivity index (χ1) is 14.5. The number of hydrogen-bond donors (Lipinski definition) is 1. The summed E-state index contributed by atoms with van der Waals surface area (Å²) >= 11 is 5.22. The number of nitrogens with zero attached hydrogens (tertiary/aromatic N) is 5. The third kappa shape index (κ3) is 4.84. The Balaban J connectivity index is 1.56. The SMILES string of the molecule is CN(Cc1ccc(Br)s1)c1nnc(CN2CCCC2=O)n1CCc1ccc(O)cc1. The molecular formula is C21H24BrN5O2S. The maximum atomic E-state index is 12.1. The highest BCUT2D eigenvalue weighted by Crippen LogP contribution is 2.25. The van der Waals surface area contributed by atoms with Gasteiger partial charge < -0.3 is 14.9 Å². The molecule has 1 aromatic carbocycles. The van der Waals surface area contributed by atoms with E-state index in [0.29, 0.717) is 19.5 Å². The third-order valence-electron chi connectivity index (χ3n) is 5.24. The van der Waals surface area contributed by atoms with Gasteiger partial charge >= 0.3 is 0 Å². The Kier molecular flexibility index (Phi) is 6.38. The number of rotatable bonds is 8. The van der Waals surface area contributed by atoms with Gasteiger partial charge in [-0.25, -0.2) is 0 Å². The number of carbonyl (C=O) groups is 1. The van der Waals surface area contributed by atoms with Gasteiger partial charge in [-0.2, -0.15) is 0 Å². The van der Waals surface area contributed by atoms with Crippen molar-refractivity contribution in [1.82, 2.24) is 19.7 Å². The molecule has 0 spiro atoms. The largest absolute Gasteiger partial charge is 0.508 e. The maximum absolute atomic E-state index is 12.1. The van der Waals surface area contributed by atoms with Crippen molar-refractivity contribution < 1.29 is 9.90 Å². The molecule has 9 heteroatoms. The second-order valence-electron chi connectivity index (χ2n) is 7.47. The summed E-state index contributed by atoms with van der Waals surface area (Å²) in [6.45, 7) is 2.69. The normalized spacial score (nSPS) is 13.9. The Morgan fingerprint density at radius 1 is 1.20 bits per heavy atom. The van der Waals surface area contributed by atoms with E-state index in [1.165, 1.54) is 4.88 Å². The predicted octanol–water partition coefficient (Wildman–Crippen LogP) is 3.81. The third-order valence-corrected chi connectivity index (χ3v) is 6.84. The number of aromatic nitrogens is 3. The summed E-state index contributed by atoms with van der Waals surface area (Å²) < 4.78 is 3.22.